The van der Waals surface area contributed by atoms with Gasteiger partial charge in [-0.05, 0) is 0 Å². The topological polar surface area (TPSA) is 58.9 Å². The van der Waals surface area contributed by atoms with Crippen LogP contribution in [0.1, 0.15) is 0 Å². The van der Waals surface area contributed by atoms with Crippen molar-refractivity contribution in [1.82, 2.24) is 0 Å². The van der Waals surface area contributed by atoms with Gasteiger partial charge in [-0.3, -0.25) is 0 Å². The van der Waals surface area contributed by atoms with Crippen molar-refractivity contribution in [3.63, 3.8) is 0 Å². The van der Waals surface area contributed by atoms with Crippen LogP contribution in [0.15, 0.2) is 0 Å². The van der Waals surface area contributed by atoms with Crippen LogP contribution in [0.4, 0.5) is 105 Å². The van der Waals surface area contributed by atoms with Crippen LogP contribution in [0.2, 0.25) is 0 Å². The third-order valence-electron chi connectivity index (χ3n) is 6.52. The van der Waals surface area contributed by atoms with E-state index < -0.39 is 143 Å². The van der Waals surface area contributed by atoms with Gasteiger partial charge in [0.1, 0.15) is 13.2 Å². The fraction of sp³-hybridized carbons (Fsp3) is 0.500. The molecule has 0 bridgehead atoms. The number of hydrogen-bond acceptors (Lipinski definition) is 4. The predicted octanol–water partition coefficient (Wildman–Crippen LogP) is 8.29. The largest absolute Gasteiger partial charge is 0.481 e. The van der Waals surface area contributed by atoms with Crippen LogP contribution in [0.5, 0.6) is 11.5 Å². The zero-order valence-electron chi connectivity index (χ0n) is 23.6. The van der Waals surface area contributed by atoms with Crippen LogP contribution >= 0.6 is 0 Å². The number of ether oxygens (including phenoxy) is 2. The first-order valence-corrected chi connectivity index (χ1v) is 12.3. The van der Waals surface area contributed by atoms with Crippen LogP contribution in [0.3, 0.4) is 0 Å². The molecular formula is C24H10F24O4. The average molecular weight is 818 g/mol. The molecule has 52 heavy (non-hydrogen) atoms. The fourth-order valence-corrected chi connectivity index (χ4v) is 3.54. The second-order valence-electron chi connectivity index (χ2n) is 9.93. The molecular weight excluding hydrogens is 808 g/mol. The van der Waals surface area contributed by atoms with Crippen molar-refractivity contribution in [2.75, 3.05) is 26.4 Å². The van der Waals surface area contributed by atoms with E-state index >= 15 is 0 Å². The van der Waals surface area contributed by atoms with Crippen molar-refractivity contribution in [2.45, 2.75) is 47.4 Å². The first-order valence-electron chi connectivity index (χ1n) is 12.3. The second-order valence-corrected chi connectivity index (χ2v) is 9.93. The van der Waals surface area contributed by atoms with Crippen molar-refractivity contribution >= 4 is 0 Å². The Morgan fingerprint density at radius 1 is 0.327 bits per heavy atom. The lowest BCUT2D eigenvalue weighted by atomic mass is 9.99. The van der Waals surface area contributed by atoms with Crippen molar-refractivity contribution in [2.24, 2.45) is 0 Å². The van der Waals surface area contributed by atoms with Crippen LogP contribution in [0, 0.1) is 46.5 Å². The Morgan fingerprint density at radius 2 is 0.519 bits per heavy atom. The molecule has 0 spiro atoms. The summed E-state index contributed by atoms with van der Waals surface area (Å²) in [5, 5.41) is 16.2. The first-order chi connectivity index (χ1) is 23.1. The molecule has 2 aromatic rings. The van der Waals surface area contributed by atoms with E-state index in [-0.39, 0.29) is 0 Å². The average Bonchev–Trinajstić information content (AvgIpc) is 3.03. The zero-order valence-corrected chi connectivity index (χ0v) is 23.6. The van der Waals surface area contributed by atoms with E-state index in [4.69, 9.17) is 10.2 Å². The number of aliphatic hydroxyl groups excluding tert-OH is 2. The normalized spacial score (nSPS) is 14.3. The highest BCUT2D eigenvalue weighted by Gasteiger charge is 2.81. The van der Waals surface area contributed by atoms with Crippen molar-refractivity contribution < 1.29 is 125 Å². The molecule has 2 rings (SSSR count). The molecule has 0 unspecified atom stereocenters. The Balaban J connectivity index is 2.62. The molecule has 0 aromatic heterocycles. The number of benzene rings is 2. The Kier molecular flexibility index (Phi) is 11.6. The summed E-state index contributed by atoms with van der Waals surface area (Å²) in [6, 6.07) is 0. The molecule has 2 aromatic carbocycles. The van der Waals surface area contributed by atoms with Gasteiger partial charge in [0.15, 0.2) is 48.0 Å². The summed E-state index contributed by atoms with van der Waals surface area (Å²) in [6.45, 7) is -13.6. The number of halogens is 24. The summed E-state index contributed by atoms with van der Waals surface area (Å²) < 4.78 is 339. The minimum atomic E-state index is -7.33. The van der Waals surface area contributed by atoms with E-state index in [1.807, 2.05) is 0 Å². The highest BCUT2D eigenvalue weighted by molar-refractivity contribution is 5.69. The molecule has 0 amide bonds. The minimum Gasteiger partial charge on any atom is -0.481 e. The molecule has 0 radical (unpaired) electrons. The van der Waals surface area contributed by atoms with Gasteiger partial charge in [-0.25, -0.2) is 17.6 Å². The van der Waals surface area contributed by atoms with Gasteiger partial charge < -0.3 is 19.7 Å². The summed E-state index contributed by atoms with van der Waals surface area (Å²) >= 11 is 0. The van der Waals surface area contributed by atoms with Crippen molar-refractivity contribution in [1.29, 1.82) is 0 Å². The van der Waals surface area contributed by atoms with Gasteiger partial charge in [-0.2, -0.15) is 87.8 Å². The molecule has 28 heteroatoms. The number of alkyl halides is 16. The van der Waals surface area contributed by atoms with Gasteiger partial charge in [-0.1, -0.05) is 0 Å². The van der Waals surface area contributed by atoms with Crippen molar-refractivity contribution in [3.05, 3.63) is 46.5 Å². The lowest BCUT2D eigenvalue weighted by Gasteiger charge is -2.35. The second kappa shape index (κ2) is 13.6. The summed E-state index contributed by atoms with van der Waals surface area (Å²) in [5.41, 5.74) is -6.04. The molecule has 0 aliphatic heterocycles. The minimum absolute atomic E-state index is 3.02. The van der Waals surface area contributed by atoms with E-state index in [1.54, 1.807) is 0 Å². The maximum absolute atomic E-state index is 14.6. The van der Waals surface area contributed by atoms with E-state index in [0.29, 0.717) is 0 Å². The molecule has 298 valence electrons. The van der Waals surface area contributed by atoms with Gasteiger partial charge in [0.2, 0.25) is 23.3 Å². The summed E-state index contributed by atoms with van der Waals surface area (Å²) in [4.78, 5) is 0. The van der Waals surface area contributed by atoms with Gasteiger partial charge >= 0.3 is 47.4 Å². The summed E-state index contributed by atoms with van der Waals surface area (Å²) in [5.74, 6) is -88.5. The number of aliphatic hydroxyl groups is 2. The highest BCUT2D eigenvalue weighted by Crippen LogP contribution is 2.54. The molecule has 0 heterocycles. The molecule has 0 saturated heterocycles. The van der Waals surface area contributed by atoms with Crippen molar-refractivity contribution in [3.8, 4) is 22.6 Å². The van der Waals surface area contributed by atoms with Gasteiger partial charge in [0.05, 0.1) is 11.1 Å². The fourth-order valence-electron chi connectivity index (χ4n) is 3.54. The molecule has 0 aliphatic rings. The highest BCUT2D eigenvalue weighted by atomic mass is 19.4. The Morgan fingerprint density at radius 3 is 0.712 bits per heavy atom. The number of rotatable bonds is 15. The molecule has 0 fully saturated rings. The van der Waals surface area contributed by atoms with E-state index in [9.17, 15) is 105 Å². The predicted molar refractivity (Wildman–Crippen MR) is 116 cm³/mol. The summed E-state index contributed by atoms with van der Waals surface area (Å²) in [6.07, 6.45) is 0. The van der Waals surface area contributed by atoms with Gasteiger partial charge in [0, 0.05) is 0 Å². The maximum atomic E-state index is 14.6. The van der Waals surface area contributed by atoms with Gasteiger partial charge in [0.25, 0.3) is 0 Å². The molecule has 2 N–H and O–H groups in total. The maximum Gasteiger partial charge on any atom is 0.381 e. The lowest BCUT2D eigenvalue weighted by Crippen LogP contribution is -2.64. The molecule has 0 aliphatic carbocycles. The first kappa shape index (κ1) is 44.4. The van der Waals surface area contributed by atoms with Gasteiger partial charge in [-0.15, -0.1) is 0 Å². The SMILES string of the molecule is OCC(F)(F)C(F)(F)C(F)(F)C(F)(F)COc1c(F)c(F)c(-c2c(F)c(F)c(OCC(F)(F)C(F)(F)C(F)(F)C(F)(F)CO)c(F)c2F)c(F)c1F. The molecule has 4 nitrogen and oxygen atoms in total. The smallest absolute Gasteiger partial charge is 0.381 e. The lowest BCUT2D eigenvalue weighted by molar-refractivity contribution is -0.372. The summed E-state index contributed by atoms with van der Waals surface area (Å²) in [7, 11) is 0. The van der Waals surface area contributed by atoms with E-state index in [0.717, 1.165) is 0 Å². The van der Waals surface area contributed by atoms with E-state index in [1.165, 1.54) is 0 Å². The van der Waals surface area contributed by atoms with Crippen LogP contribution < -0.4 is 9.47 Å². The Labute approximate surface area is 269 Å². The quantitative estimate of drug-likeness (QED) is 0.140. The Hall–Kier alpha value is -3.72. The molecule has 0 atom stereocenters. The third-order valence-corrected chi connectivity index (χ3v) is 6.52. The zero-order chi connectivity index (χ0) is 41.2. The third kappa shape index (κ3) is 6.56. The van der Waals surface area contributed by atoms with E-state index in [2.05, 4.69) is 9.47 Å². The standard InChI is InChI=1S/C24H10F24O4/c25-7-5(8(26)12(30)15(11(7)29)51-3-19(37,38)23(45,46)21(41,42)17(33,34)1-49)6-9(27)13(31)16(14(32)10(6)28)52-4-20(39,40)24(47,48)22(43,44)18(35,36)2-50/h49-50H,1-4H2. The van der Waals surface area contributed by atoms with Crippen LogP contribution in [-0.4, -0.2) is 84.0 Å². The number of hydrogen-bond donors (Lipinski definition) is 2. The monoisotopic (exact) mass is 818 g/mol. The van der Waals surface area contributed by atoms with Crippen LogP contribution in [0.25, 0.3) is 11.1 Å². The Bertz CT molecular complexity index is 1490. The van der Waals surface area contributed by atoms with Crippen LogP contribution in [-0.2, 0) is 0 Å². The molecule has 0 saturated carbocycles.